The van der Waals surface area contributed by atoms with Crippen LogP contribution in [0.5, 0.6) is 5.88 Å². The smallest absolute Gasteiger partial charge is 0.199 e. The summed E-state index contributed by atoms with van der Waals surface area (Å²) in [5.74, 6) is -0.0108. The molecule has 1 unspecified atom stereocenters. The predicted molar refractivity (Wildman–Crippen MR) is 129 cm³/mol. The van der Waals surface area contributed by atoms with E-state index < -0.39 is 37.3 Å². The van der Waals surface area contributed by atoms with Crippen molar-refractivity contribution in [3.63, 3.8) is 0 Å². The summed E-state index contributed by atoms with van der Waals surface area (Å²) in [6.45, 7) is -0.257. The second kappa shape index (κ2) is 10.3. The largest absolute Gasteiger partial charge is 0.494 e. The predicted octanol–water partition coefficient (Wildman–Crippen LogP) is 0.935. The molecule has 0 saturated carbocycles. The molecule has 1 fully saturated rings. The lowest BCUT2D eigenvalue weighted by atomic mass is 9.99. The van der Waals surface area contributed by atoms with E-state index in [4.69, 9.17) is 19.3 Å². The lowest BCUT2D eigenvalue weighted by molar-refractivity contribution is -0.301. The Hall–Kier alpha value is -3.32. The van der Waals surface area contributed by atoms with Crippen molar-refractivity contribution in [2.45, 2.75) is 37.1 Å². The number of H-pyrrole nitrogens is 1. The highest BCUT2D eigenvalue weighted by Crippen LogP contribution is 2.35. The quantitative estimate of drug-likeness (QED) is 0.197. The van der Waals surface area contributed by atoms with Gasteiger partial charge in [-0.2, -0.15) is 0 Å². The number of ether oxygens (including phenoxy) is 2. The fourth-order valence-electron chi connectivity index (χ4n) is 4.34. The van der Waals surface area contributed by atoms with E-state index in [1.54, 1.807) is 0 Å². The van der Waals surface area contributed by atoms with Gasteiger partial charge in [-0.15, -0.1) is 0 Å². The van der Waals surface area contributed by atoms with E-state index in [0.717, 1.165) is 16.5 Å². The number of oxime groups is 1. The lowest BCUT2D eigenvalue weighted by Crippen LogP contribution is -2.59. The van der Waals surface area contributed by atoms with E-state index in [1.165, 1.54) is 0 Å². The SMILES string of the molecule is OC[C@H]1OC(OCCCO/N=C2/C(c3c(O)[nH]c4ccccc34)=Nc3ccccc32)[C@H](O)[C@@H](O)[C@@H]1O. The number of benzene rings is 2. The Morgan fingerprint density at radius 3 is 2.58 bits per heavy atom. The third kappa shape index (κ3) is 4.48. The molecule has 2 aliphatic rings. The van der Waals surface area contributed by atoms with Crippen molar-refractivity contribution < 1.29 is 39.8 Å². The summed E-state index contributed by atoms with van der Waals surface area (Å²) in [6, 6.07) is 15.0. The third-order valence-corrected chi connectivity index (χ3v) is 6.21. The number of aliphatic hydroxyl groups excluding tert-OH is 4. The molecular weight excluding hydrogens is 470 g/mol. The Balaban J connectivity index is 1.25. The van der Waals surface area contributed by atoms with Crippen molar-refractivity contribution in [3.8, 4) is 5.88 Å². The van der Waals surface area contributed by atoms with Gasteiger partial charge in [-0.1, -0.05) is 41.6 Å². The summed E-state index contributed by atoms with van der Waals surface area (Å²) < 4.78 is 10.8. The van der Waals surface area contributed by atoms with Crippen LogP contribution in [0.3, 0.4) is 0 Å². The number of hydrogen-bond acceptors (Lipinski definition) is 10. The van der Waals surface area contributed by atoms with Crippen LogP contribution in [0.4, 0.5) is 5.69 Å². The molecule has 2 aliphatic heterocycles. The molecule has 1 aromatic heterocycles. The molecule has 0 bridgehead atoms. The van der Waals surface area contributed by atoms with E-state index in [1.807, 2.05) is 48.5 Å². The summed E-state index contributed by atoms with van der Waals surface area (Å²) >= 11 is 0. The maximum absolute atomic E-state index is 10.6. The van der Waals surface area contributed by atoms with Crippen LogP contribution in [0.25, 0.3) is 10.9 Å². The average Bonchev–Trinajstić information content (AvgIpc) is 3.42. The Labute approximate surface area is 205 Å². The summed E-state index contributed by atoms with van der Waals surface area (Å²) in [5.41, 5.74) is 3.77. The molecule has 36 heavy (non-hydrogen) atoms. The number of aliphatic imine (C=N–C) groups is 1. The number of hydrogen-bond donors (Lipinski definition) is 6. The zero-order valence-corrected chi connectivity index (χ0v) is 19.2. The highest BCUT2D eigenvalue weighted by atomic mass is 16.7. The minimum absolute atomic E-state index is 0.0108. The van der Waals surface area contributed by atoms with E-state index in [0.29, 0.717) is 29.1 Å². The Kier molecular flexibility index (Phi) is 7.01. The van der Waals surface area contributed by atoms with Crippen molar-refractivity contribution in [1.82, 2.24) is 4.98 Å². The molecule has 0 spiro atoms. The standard InChI is InChI=1S/C25H27N3O8/c29-12-17-21(30)22(31)23(32)25(36-17)34-10-5-11-35-28-19-14-7-2-4-9-16(14)26-20(19)18-13-6-1-3-8-15(13)27-24(18)33/h1-4,6-9,17,21-23,25,27,29-33H,5,10-12H2/b28-19+/t17-,21-,22+,23-,25?/m1/s1. The van der Waals surface area contributed by atoms with Gasteiger partial charge in [-0.25, -0.2) is 4.99 Å². The molecule has 11 nitrogen and oxygen atoms in total. The summed E-state index contributed by atoms with van der Waals surface area (Å²) in [7, 11) is 0. The van der Waals surface area contributed by atoms with Gasteiger partial charge in [0.2, 0.25) is 0 Å². The van der Waals surface area contributed by atoms with Crippen LogP contribution >= 0.6 is 0 Å². The van der Waals surface area contributed by atoms with Crippen LogP contribution in [0, 0.1) is 0 Å². The first kappa shape index (κ1) is 24.4. The molecule has 3 aromatic rings. The van der Waals surface area contributed by atoms with Crippen LogP contribution in [0.1, 0.15) is 17.5 Å². The van der Waals surface area contributed by atoms with Gasteiger partial charge in [0.05, 0.1) is 24.5 Å². The van der Waals surface area contributed by atoms with Crippen LogP contribution in [0.2, 0.25) is 0 Å². The van der Waals surface area contributed by atoms with Gasteiger partial charge < -0.3 is 44.8 Å². The second-order valence-electron chi connectivity index (χ2n) is 8.57. The molecule has 6 N–H and O–H groups in total. The molecule has 5 atom stereocenters. The van der Waals surface area contributed by atoms with Crippen molar-refractivity contribution in [2.75, 3.05) is 19.8 Å². The Bertz CT molecular complexity index is 1290. The molecule has 0 radical (unpaired) electrons. The number of aliphatic hydroxyl groups is 4. The van der Waals surface area contributed by atoms with Gasteiger partial charge in [0, 0.05) is 22.9 Å². The van der Waals surface area contributed by atoms with E-state index in [9.17, 15) is 25.5 Å². The molecular formula is C25H27N3O8. The van der Waals surface area contributed by atoms with Gasteiger partial charge in [0.1, 0.15) is 42.4 Å². The zero-order valence-electron chi connectivity index (χ0n) is 19.2. The third-order valence-electron chi connectivity index (χ3n) is 6.21. The number of aromatic hydroxyl groups is 1. The molecule has 0 aliphatic carbocycles. The summed E-state index contributed by atoms with van der Waals surface area (Å²) in [6.07, 6.45) is -6.25. The van der Waals surface area contributed by atoms with Crippen LogP contribution in [-0.2, 0) is 14.3 Å². The minimum Gasteiger partial charge on any atom is -0.494 e. The lowest BCUT2D eigenvalue weighted by Gasteiger charge is -2.39. The monoisotopic (exact) mass is 497 g/mol. The molecule has 190 valence electrons. The highest BCUT2D eigenvalue weighted by molar-refractivity contribution is 6.58. The van der Waals surface area contributed by atoms with E-state index >= 15 is 0 Å². The number of nitrogens with one attached hydrogen (secondary N) is 1. The topological polar surface area (TPSA) is 169 Å². The first-order valence-corrected chi connectivity index (χ1v) is 11.6. The summed E-state index contributed by atoms with van der Waals surface area (Å²) in [4.78, 5) is 13.2. The zero-order chi connectivity index (χ0) is 25.2. The molecule has 11 heteroatoms. The molecule has 3 heterocycles. The van der Waals surface area contributed by atoms with Crippen molar-refractivity contribution in [3.05, 3.63) is 59.7 Å². The van der Waals surface area contributed by atoms with Crippen LogP contribution < -0.4 is 0 Å². The first-order chi connectivity index (χ1) is 17.5. The number of aromatic amines is 1. The van der Waals surface area contributed by atoms with E-state index in [-0.39, 0.29) is 19.1 Å². The first-order valence-electron chi connectivity index (χ1n) is 11.6. The van der Waals surface area contributed by atoms with Crippen LogP contribution in [-0.4, -0.2) is 92.5 Å². The number of aromatic nitrogens is 1. The van der Waals surface area contributed by atoms with Crippen molar-refractivity contribution >= 4 is 28.0 Å². The number of rotatable bonds is 8. The molecule has 0 amide bonds. The fraction of sp³-hybridized carbons (Fsp3) is 0.360. The number of para-hydroxylation sites is 2. The Morgan fingerprint density at radius 2 is 1.75 bits per heavy atom. The highest BCUT2D eigenvalue weighted by Gasteiger charge is 2.43. The fourth-order valence-corrected chi connectivity index (χ4v) is 4.34. The van der Waals surface area contributed by atoms with Crippen molar-refractivity contribution in [2.24, 2.45) is 10.1 Å². The van der Waals surface area contributed by atoms with Crippen molar-refractivity contribution in [1.29, 1.82) is 0 Å². The second-order valence-corrected chi connectivity index (χ2v) is 8.57. The molecule has 5 rings (SSSR count). The molecule has 1 saturated heterocycles. The normalized spacial score (nSPS) is 26.8. The average molecular weight is 498 g/mol. The minimum atomic E-state index is -1.50. The van der Waals surface area contributed by atoms with Gasteiger partial charge in [0.25, 0.3) is 0 Å². The number of fused-ring (bicyclic) bond motifs is 2. The maximum Gasteiger partial charge on any atom is 0.199 e. The van der Waals surface area contributed by atoms with Gasteiger partial charge in [-0.3, -0.25) is 0 Å². The molecule has 2 aromatic carbocycles. The maximum atomic E-state index is 10.6. The van der Waals surface area contributed by atoms with E-state index in [2.05, 4.69) is 10.1 Å². The Morgan fingerprint density at radius 1 is 0.972 bits per heavy atom. The summed E-state index contributed by atoms with van der Waals surface area (Å²) in [5, 5.41) is 54.8. The van der Waals surface area contributed by atoms with Gasteiger partial charge >= 0.3 is 0 Å². The van der Waals surface area contributed by atoms with Crippen LogP contribution in [0.15, 0.2) is 58.7 Å². The van der Waals surface area contributed by atoms with Gasteiger partial charge in [0.15, 0.2) is 12.2 Å². The number of nitrogens with zero attached hydrogens (tertiary/aromatic N) is 2. The van der Waals surface area contributed by atoms with Gasteiger partial charge in [-0.05, 0) is 12.1 Å².